The van der Waals surface area contributed by atoms with Gasteiger partial charge >= 0.3 is 44.6 Å². The standard InChI is InChI=1S/C41H86O22P4/c1-3-5-7-9-11-13-15-17-19-21-23-25-27-29-34(42)57-31-33(59-35(43)30-28-26-24-22-20-18-16-14-12-10-8-6-4-2)32-58-67(55,56)63-38-36(44)39(60-64(46,47)48)41(62-66(52,53)54)40(37(38)45)61-65(49,50)51/h33,36-41,44-56H,3-32H2,1-2H3/q+4/t33-,36-,37-,38?,39-,40+,41?/m0/s1. The molecule has 67 heavy (non-hydrogen) atoms. The zero-order chi connectivity index (χ0) is 50.4. The Labute approximate surface area is 398 Å². The SMILES string of the molecule is CCCCCCCCCCCCCCCC(=O)OC[C@@H](CO[P+](O)(O)OC1[C@H](O)[C@H](O[P+](O)(O)O)C(O[P+](O)(O)O)[C@H](O[P+](O)(O)O)[C@H]1O)OC(=O)CCCCCCCCCCCCCCC. The second-order valence-corrected chi connectivity index (χ2v) is 22.5. The van der Waals surface area contributed by atoms with Gasteiger partial charge in [0.1, 0.15) is 25.4 Å². The number of esters is 2. The Bertz CT molecular complexity index is 1240. The summed E-state index contributed by atoms with van der Waals surface area (Å²) in [6, 6.07) is 0. The number of aliphatic hydroxyl groups is 2. The Morgan fingerprint density at radius 3 is 1.06 bits per heavy atom. The molecule has 0 aromatic rings. The van der Waals surface area contributed by atoms with Crippen LogP contribution in [0.2, 0.25) is 0 Å². The summed E-state index contributed by atoms with van der Waals surface area (Å²) in [6.45, 7) is 2.90. The van der Waals surface area contributed by atoms with Crippen molar-refractivity contribution in [3.63, 3.8) is 0 Å². The van der Waals surface area contributed by atoms with Crippen molar-refractivity contribution < 1.29 is 106 Å². The first-order valence-corrected chi connectivity index (χ1v) is 30.4. The van der Waals surface area contributed by atoms with Crippen molar-refractivity contribution in [2.24, 2.45) is 0 Å². The molecular weight excluding hydrogens is 968 g/mol. The van der Waals surface area contributed by atoms with Crippen molar-refractivity contribution >= 4 is 44.6 Å². The third-order valence-corrected chi connectivity index (χ3v) is 13.8. The van der Waals surface area contributed by atoms with E-state index in [0.717, 1.165) is 57.8 Å². The maximum absolute atomic E-state index is 12.9. The summed E-state index contributed by atoms with van der Waals surface area (Å²) >= 11 is 0. The average molecular weight is 1060 g/mol. The van der Waals surface area contributed by atoms with Crippen LogP contribution >= 0.6 is 32.7 Å². The average Bonchev–Trinajstić information content (AvgIpc) is 3.22. The van der Waals surface area contributed by atoms with Gasteiger partial charge in [0.05, 0.1) is 0 Å². The molecule has 0 saturated heterocycles. The molecule has 7 atom stereocenters. The van der Waals surface area contributed by atoms with Crippen LogP contribution in [0.15, 0.2) is 0 Å². The number of hydrogen-bond donors (Lipinski definition) is 13. The predicted molar refractivity (Wildman–Crippen MR) is 251 cm³/mol. The van der Waals surface area contributed by atoms with E-state index in [1.807, 2.05) is 0 Å². The van der Waals surface area contributed by atoms with E-state index in [2.05, 4.69) is 27.4 Å². The molecule has 0 aromatic carbocycles. The molecule has 1 fully saturated rings. The van der Waals surface area contributed by atoms with E-state index < -0.39 is 101 Å². The predicted octanol–water partition coefficient (Wildman–Crippen LogP) is 6.32. The summed E-state index contributed by atoms with van der Waals surface area (Å²) in [5, 5.41) is 22.0. The lowest BCUT2D eigenvalue weighted by molar-refractivity contribution is -0.215. The Morgan fingerprint density at radius 2 is 0.716 bits per heavy atom. The maximum atomic E-state index is 12.9. The van der Waals surface area contributed by atoms with Crippen molar-refractivity contribution in [1.29, 1.82) is 0 Å². The topological polar surface area (TPSA) is 362 Å². The molecule has 13 N–H and O–H groups in total. The van der Waals surface area contributed by atoms with Gasteiger partial charge in [0.15, 0.2) is 30.5 Å². The molecule has 0 radical (unpaired) electrons. The largest absolute Gasteiger partial charge is 0.570 e. The molecule has 0 aliphatic heterocycles. The van der Waals surface area contributed by atoms with E-state index in [1.165, 1.54) is 96.3 Å². The number of rotatable bonds is 42. The number of ether oxygens (including phenoxy) is 2. The lowest BCUT2D eigenvalue weighted by Gasteiger charge is -2.41. The van der Waals surface area contributed by atoms with E-state index in [1.54, 1.807) is 0 Å². The first kappa shape index (κ1) is 65.0. The van der Waals surface area contributed by atoms with Crippen LogP contribution in [-0.4, -0.2) is 132 Å². The summed E-state index contributed by atoms with van der Waals surface area (Å²) < 4.78 is 34.5. The number of aliphatic hydroxyl groups excluding tert-OH is 2. The van der Waals surface area contributed by atoms with Gasteiger partial charge in [-0.1, -0.05) is 168 Å². The van der Waals surface area contributed by atoms with Gasteiger partial charge in [-0.25, -0.2) is 0 Å². The highest BCUT2D eigenvalue weighted by atomic mass is 31.2. The first-order chi connectivity index (χ1) is 31.5. The highest BCUT2D eigenvalue weighted by Crippen LogP contribution is 2.60. The minimum Gasteiger partial charge on any atom is -0.462 e. The highest BCUT2D eigenvalue weighted by molar-refractivity contribution is 7.54. The number of carbonyl (C=O) groups is 2. The van der Waals surface area contributed by atoms with Crippen LogP contribution in [0.5, 0.6) is 0 Å². The van der Waals surface area contributed by atoms with Crippen LogP contribution in [0.25, 0.3) is 0 Å². The molecule has 0 heterocycles. The van der Waals surface area contributed by atoms with Gasteiger partial charge in [-0.2, -0.15) is 53.8 Å². The second kappa shape index (κ2) is 36.0. The third kappa shape index (κ3) is 34.1. The van der Waals surface area contributed by atoms with Crippen LogP contribution in [0.3, 0.4) is 0 Å². The van der Waals surface area contributed by atoms with Crippen molar-refractivity contribution in [2.75, 3.05) is 13.2 Å². The summed E-state index contributed by atoms with van der Waals surface area (Å²) in [5.41, 5.74) is 0. The van der Waals surface area contributed by atoms with Gasteiger partial charge in [0, 0.05) is 12.8 Å². The molecule has 26 heteroatoms. The fourth-order valence-corrected chi connectivity index (χ4v) is 10.4. The van der Waals surface area contributed by atoms with Gasteiger partial charge in [-0.15, -0.1) is 22.6 Å². The number of unbranched alkanes of at least 4 members (excludes halogenated alkanes) is 24. The van der Waals surface area contributed by atoms with Gasteiger partial charge in [-0.3, -0.25) is 9.59 Å². The molecule has 1 rings (SSSR count). The lowest BCUT2D eigenvalue weighted by Crippen LogP contribution is -2.66. The fourth-order valence-electron chi connectivity index (χ4n) is 7.69. The van der Waals surface area contributed by atoms with Gasteiger partial charge in [-0.05, 0) is 12.8 Å². The Balaban J connectivity index is 2.90. The smallest absolute Gasteiger partial charge is 0.462 e. The van der Waals surface area contributed by atoms with Crippen LogP contribution in [0.1, 0.15) is 194 Å². The maximum Gasteiger partial charge on any atom is 0.570 e. The minimum absolute atomic E-state index is 0.0167. The lowest BCUT2D eigenvalue weighted by atomic mass is 9.85. The highest BCUT2D eigenvalue weighted by Gasteiger charge is 2.67. The van der Waals surface area contributed by atoms with E-state index >= 15 is 0 Å². The Morgan fingerprint density at radius 1 is 0.403 bits per heavy atom. The zero-order valence-corrected chi connectivity index (χ0v) is 43.1. The summed E-state index contributed by atoms with van der Waals surface area (Å²) in [7, 11) is -21.8. The van der Waals surface area contributed by atoms with Gasteiger partial charge in [0.2, 0.25) is 0 Å². The van der Waals surface area contributed by atoms with Crippen LogP contribution in [0.4, 0.5) is 0 Å². The molecular formula is C41H86O22P4+4. The molecule has 0 bridgehead atoms. The van der Waals surface area contributed by atoms with Crippen LogP contribution < -0.4 is 0 Å². The Hall–Kier alpha value is -0.0600. The molecule has 22 nitrogen and oxygen atoms in total. The van der Waals surface area contributed by atoms with E-state index in [0.29, 0.717) is 12.8 Å². The number of carbonyl (C=O) groups excluding carboxylic acids is 2. The zero-order valence-electron chi connectivity index (χ0n) is 39.5. The normalized spacial score (nSPS) is 21.1. The third-order valence-electron chi connectivity index (χ3n) is 11.2. The van der Waals surface area contributed by atoms with Gasteiger partial charge < -0.3 is 19.7 Å². The van der Waals surface area contributed by atoms with E-state index in [9.17, 15) is 73.6 Å². The molecule has 1 aliphatic carbocycles. The Kier molecular flexibility index (Phi) is 34.9. The van der Waals surface area contributed by atoms with E-state index in [4.69, 9.17) is 18.5 Å². The monoisotopic (exact) mass is 1050 g/mol. The van der Waals surface area contributed by atoms with Crippen LogP contribution in [-0.2, 0) is 41.7 Å². The first-order valence-electron chi connectivity index (χ1n) is 24.1. The van der Waals surface area contributed by atoms with Crippen molar-refractivity contribution in [3.05, 3.63) is 0 Å². The van der Waals surface area contributed by atoms with Crippen molar-refractivity contribution in [1.82, 2.24) is 0 Å². The molecule has 2 unspecified atom stereocenters. The van der Waals surface area contributed by atoms with Gasteiger partial charge in [0.25, 0.3) is 0 Å². The minimum atomic E-state index is -5.48. The molecule has 0 spiro atoms. The molecule has 0 amide bonds. The van der Waals surface area contributed by atoms with E-state index in [-0.39, 0.29) is 12.8 Å². The van der Waals surface area contributed by atoms with Crippen LogP contribution in [0, 0.1) is 0 Å². The molecule has 0 aromatic heterocycles. The van der Waals surface area contributed by atoms with Crippen molar-refractivity contribution in [3.8, 4) is 0 Å². The second-order valence-electron chi connectivity index (χ2n) is 17.4. The molecule has 1 aliphatic rings. The fraction of sp³-hybridized carbons (Fsp3) is 0.951. The summed E-state index contributed by atoms with van der Waals surface area (Å²) in [6.07, 6.45) is 11.7. The summed E-state index contributed by atoms with van der Waals surface area (Å²) in [5.74, 6) is -1.32. The quantitative estimate of drug-likeness (QED) is 0.0181. The van der Waals surface area contributed by atoms with Crippen molar-refractivity contribution in [2.45, 2.75) is 236 Å². The number of hydrogen-bond acceptors (Lipinski definition) is 22. The molecule has 1 saturated carbocycles. The summed E-state index contributed by atoms with van der Waals surface area (Å²) in [4.78, 5) is 133. The molecule has 398 valence electrons.